The minimum atomic E-state index is -3.54. The number of rotatable bonds is 7. The van der Waals surface area contributed by atoms with Gasteiger partial charge in [0.05, 0.1) is 0 Å². The molecule has 138 valence electrons. The van der Waals surface area contributed by atoms with Gasteiger partial charge in [-0.05, 0) is 31.4 Å². The molecular weight excluding hydrogens is 336 g/mol. The molecule has 0 bridgehead atoms. The molecule has 0 heterocycles. The van der Waals surface area contributed by atoms with Crippen LogP contribution in [0.25, 0.3) is 6.08 Å². The van der Waals surface area contributed by atoms with Crippen molar-refractivity contribution < 1.29 is 13.2 Å². The number of carbonyl (C=O) groups is 1. The van der Waals surface area contributed by atoms with E-state index in [1.807, 2.05) is 31.2 Å². The lowest BCUT2D eigenvalue weighted by atomic mass is 10.1. The SMILES string of the molecule is Cc1ccc(C=CS(=O)(=O)NCCC(=O)NC2CCCCCC2)cc1. The van der Waals surface area contributed by atoms with Crippen LogP contribution in [0.3, 0.4) is 0 Å². The van der Waals surface area contributed by atoms with Crippen LogP contribution in [0.4, 0.5) is 0 Å². The van der Waals surface area contributed by atoms with Crippen LogP contribution >= 0.6 is 0 Å². The Balaban J connectivity index is 1.73. The number of benzene rings is 1. The summed E-state index contributed by atoms with van der Waals surface area (Å²) in [4.78, 5) is 12.0. The zero-order valence-corrected chi connectivity index (χ0v) is 15.6. The molecule has 1 fully saturated rings. The molecule has 1 aromatic carbocycles. The first-order valence-electron chi connectivity index (χ1n) is 8.98. The first-order valence-corrected chi connectivity index (χ1v) is 10.5. The second-order valence-corrected chi connectivity index (χ2v) is 8.31. The Labute approximate surface area is 151 Å². The van der Waals surface area contributed by atoms with Crippen LogP contribution in [0.1, 0.15) is 56.1 Å². The van der Waals surface area contributed by atoms with Gasteiger partial charge in [0.15, 0.2) is 0 Å². The van der Waals surface area contributed by atoms with Gasteiger partial charge in [-0.25, -0.2) is 13.1 Å². The molecule has 5 nitrogen and oxygen atoms in total. The van der Waals surface area contributed by atoms with Crippen LogP contribution in [0.5, 0.6) is 0 Å². The molecule has 2 rings (SSSR count). The Bertz CT molecular complexity index is 673. The van der Waals surface area contributed by atoms with Gasteiger partial charge in [-0.1, -0.05) is 55.5 Å². The number of amides is 1. The Morgan fingerprint density at radius 3 is 2.40 bits per heavy atom. The van der Waals surface area contributed by atoms with Gasteiger partial charge in [0.1, 0.15) is 0 Å². The lowest BCUT2D eigenvalue weighted by Crippen LogP contribution is -2.36. The summed E-state index contributed by atoms with van der Waals surface area (Å²) in [7, 11) is -3.54. The third kappa shape index (κ3) is 7.84. The average Bonchev–Trinajstić information content (AvgIpc) is 2.83. The molecular formula is C19H28N2O3S. The largest absolute Gasteiger partial charge is 0.353 e. The van der Waals surface area contributed by atoms with E-state index in [1.165, 1.54) is 12.8 Å². The van der Waals surface area contributed by atoms with Crippen molar-refractivity contribution in [1.82, 2.24) is 10.0 Å². The quantitative estimate of drug-likeness (QED) is 0.730. The molecule has 0 aromatic heterocycles. The maximum atomic E-state index is 12.0. The van der Waals surface area contributed by atoms with Crippen molar-refractivity contribution in [1.29, 1.82) is 0 Å². The number of sulfonamides is 1. The highest BCUT2D eigenvalue weighted by molar-refractivity contribution is 7.92. The summed E-state index contributed by atoms with van der Waals surface area (Å²) in [5, 5.41) is 4.16. The minimum Gasteiger partial charge on any atom is -0.353 e. The molecule has 1 amide bonds. The maximum Gasteiger partial charge on any atom is 0.233 e. The van der Waals surface area contributed by atoms with Gasteiger partial charge in [0.25, 0.3) is 0 Å². The summed E-state index contributed by atoms with van der Waals surface area (Å²) >= 11 is 0. The van der Waals surface area contributed by atoms with E-state index in [-0.39, 0.29) is 24.9 Å². The molecule has 0 saturated heterocycles. The highest BCUT2D eigenvalue weighted by Crippen LogP contribution is 2.17. The zero-order valence-electron chi connectivity index (χ0n) is 14.8. The fourth-order valence-electron chi connectivity index (χ4n) is 2.92. The molecule has 25 heavy (non-hydrogen) atoms. The highest BCUT2D eigenvalue weighted by atomic mass is 32.2. The van der Waals surface area contributed by atoms with E-state index in [4.69, 9.17) is 0 Å². The van der Waals surface area contributed by atoms with Crippen molar-refractivity contribution in [3.63, 3.8) is 0 Å². The fourth-order valence-corrected chi connectivity index (χ4v) is 3.74. The van der Waals surface area contributed by atoms with Crippen molar-refractivity contribution in [2.75, 3.05) is 6.54 Å². The number of aryl methyl sites for hydroxylation is 1. The van der Waals surface area contributed by atoms with Gasteiger partial charge >= 0.3 is 0 Å². The lowest BCUT2D eigenvalue weighted by Gasteiger charge is -2.16. The summed E-state index contributed by atoms with van der Waals surface area (Å²) in [5.41, 5.74) is 1.94. The number of nitrogens with one attached hydrogen (secondary N) is 2. The second-order valence-electron chi connectivity index (χ2n) is 6.66. The van der Waals surface area contributed by atoms with Crippen LogP contribution in [-0.2, 0) is 14.8 Å². The highest BCUT2D eigenvalue weighted by Gasteiger charge is 2.15. The van der Waals surface area contributed by atoms with E-state index in [2.05, 4.69) is 10.0 Å². The maximum absolute atomic E-state index is 12.0. The van der Waals surface area contributed by atoms with Gasteiger partial charge in [0.2, 0.25) is 15.9 Å². The average molecular weight is 365 g/mol. The Kier molecular flexibility index (Phi) is 7.65. The van der Waals surface area contributed by atoms with Crippen LogP contribution in [-0.4, -0.2) is 26.9 Å². The topological polar surface area (TPSA) is 75.3 Å². The first kappa shape index (κ1) is 19.7. The molecule has 0 spiro atoms. The summed E-state index contributed by atoms with van der Waals surface area (Å²) in [5.74, 6) is -0.0860. The Hall–Kier alpha value is -1.66. The molecule has 6 heteroatoms. The monoisotopic (exact) mass is 364 g/mol. The number of hydrogen-bond acceptors (Lipinski definition) is 3. The van der Waals surface area contributed by atoms with E-state index < -0.39 is 10.0 Å². The van der Waals surface area contributed by atoms with Crippen molar-refractivity contribution in [3.05, 3.63) is 40.8 Å². The molecule has 1 saturated carbocycles. The molecule has 2 N–H and O–H groups in total. The molecule has 0 radical (unpaired) electrons. The van der Waals surface area contributed by atoms with Crippen LogP contribution in [0, 0.1) is 6.92 Å². The lowest BCUT2D eigenvalue weighted by molar-refractivity contribution is -0.121. The molecule has 0 atom stereocenters. The van der Waals surface area contributed by atoms with Gasteiger partial charge in [-0.2, -0.15) is 0 Å². The van der Waals surface area contributed by atoms with Gasteiger partial charge in [0, 0.05) is 24.4 Å². The number of hydrogen-bond donors (Lipinski definition) is 2. The standard InChI is InChI=1S/C19H28N2O3S/c1-16-8-10-17(11-9-16)13-15-25(23,24)20-14-12-19(22)21-18-6-4-2-3-5-7-18/h8-11,13,15,18,20H,2-7,12,14H2,1H3,(H,21,22). The summed E-state index contributed by atoms with van der Waals surface area (Å²) in [6, 6.07) is 7.83. The van der Waals surface area contributed by atoms with Gasteiger partial charge in [-0.15, -0.1) is 0 Å². The third-order valence-corrected chi connectivity index (χ3v) is 5.49. The van der Waals surface area contributed by atoms with E-state index >= 15 is 0 Å². The van der Waals surface area contributed by atoms with Crippen LogP contribution < -0.4 is 10.0 Å². The van der Waals surface area contributed by atoms with Crippen molar-refractivity contribution in [2.45, 2.75) is 57.9 Å². The smallest absolute Gasteiger partial charge is 0.233 e. The van der Waals surface area contributed by atoms with Gasteiger partial charge < -0.3 is 5.32 Å². The Morgan fingerprint density at radius 1 is 1.12 bits per heavy atom. The minimum absolute atomic E-state index is 0.0860. The fraction of sp³-hybridized carbons (Fsp3) is 0.526. The van der Waals surface area contributed by atoms with E-state index in [9.17, 15) is 13.2 Å². The molecule has 1 aliphatic rings. The molecule has 0 aliphatic heterocycles. The zero-order chi connectivity index (χ0) is 18.1. The second kappa shape index (κ2) is 9.73. The van der Waals surface area contributed by atoms with Crippen molar-refractivity contribution in [2.24, 2.45) is 0 Å². The van der Waals surface area contributed by atoms with E-state index in [0.29, 0.717) is 0 Å². The summed E-state index contributed by atoms with van der Waals surface area (Å²) in [6.45, 7) is 2.09. The Morgan fingerprint density at radius 2 is 1.76 bits per heavy atom. The predicted molar refractivity (Wildman–Crippen MR) is 101 cm³/mol. The van der Waals surface area contributed by atoms with Crippen LogP contribution in [0.2, 0.25) is 0 Å². The third-order valence-electron chi connectivity index (χ3n) is 4.39. The van der Waals surface area contributed by atoms with Crippen molar-refractivity contribution >= 4 is 22.0 Å². The van der Waals surface area contributed by atoms with E-state index in [1.54, 1.807) is 6.08 Å². The summed E-state index contributed by atoms with van der Waals surface area (Å²) in [6.07, 6.45) is 8.54. The first-order chi connectivity index (χ1) is 11.9. The van der Waals surface area contributed by atoms with E-state index in [0.717, 1.165) is 42.2 Å². The molecule has 0 unspecified atom stereocenters. The number of carbonyl (C=O) groups excluding carboxylic acids is 1. The normalized spacial score (nSPS) is 16.7. The van der Waals surface area contributed by atoms with Crippen molar-refractivity contribution in [3.8, 4) is 0 Å². The molecule has 1 aliphatic carbocycles. The predicted octanol–water partition coefficient (Wildman–Crippen LogP) is 3.11. The molecule has 1 aromatic rings. The summed E-state index contributed by atoms with van der Waals surface area (Å²) < 4.78 is 26.4. The van der Waals surface area contributed by atoms with Gasteiger partial charge in [-0.3, -0.25) is 4.79 Å². The van der Waals surface area contributed by atoms with Crippen LogP contribution in [0.15, 0.2) is 29.7 Å².